The molecular weight excluding hydrogens is 370 g/mol. The molecule has 0 radical (unpaired) electrons. The maximum absolute atomic E-state index is 10.8. The lowest BCUT2D eigenvalue weighted by Gasteiger charge is -2.28. The van der Waals surface area contributed by atoms with Crippen molar-refractivity contribution in [2.45, 2.75) is 38.4 Å². The van der Waals surface area contributed by atoms with E-state index in [9.17, 15) is 5.11 Å². The molecule has 152 valence electrons. The number of aromatic nitrogens is 1. The summed E-state index contributed by atoms with van der Waals surface area (Å²) in [5.41, 5.74) is 3.88. The van der Waals surface area contributed by atoms with Crippen LogP contribution in [0.15, 0.2) is 91.0 Å². The average Bonchev–Trinajstić information content (AvgIpc) is 2.78. The molecular formula is C27H27NO2. The number of hydrogen-bond acceptors (Lipinski definition) is 3. The van der Waals surface area contributed by atoms with Crippen LogP contribution in [0.2, 0.25) is 0 Å². The topological polar surface area (TPSA) is 42.4 Å². The number of aliphatic hydroxyl groups excluding tert-OH is 1. The Morgan fingerprint density at radius 3 is 2.30 bits per heavy atom. The first kappa shape index (κ1) is 20.1. The van der Waals surface area contributed by atoms with Gasteiger partial charge in [0.25, 0.3) is 0 Å². The van der Waals surface area contributed by atoms with Crippen molar-refractivity contribution in [2.75, 3.05) is 0 Å². The molecule has 0 spiro atoms. The van der Waals surface area contributed by atoms with Crippen LogP contribution in [0, 0.1) is 0 Å². The van der Waals surface area contributed by atoms with E-state index in [1.165, 1.54) is 5.56 Å². The fraction of sp³-hybridized carbons (Fsp3) is 0.222. The van der Waals surface area contributed by atoms with Gasteiger partial charge in [0.15, 0.2) is 0 Å². The lowest BCUT2D eigenvalue weighted by molar-refractivity contribution is 0.140. The Labute approximate surface area is 178 Å². The van der Waals surface area contributed by atoms with Gasteiger partial charge in [-0.25, -0.2) is 4.98 Å². The number of aliphatic hydroxyl groups is 1. The third kappa shape index (κ3) is 4.69. The van der Waals surface area contributed by atoms with E-state index in [1.54, 1.807) is 0 Å². The Morgan fingerprint density at radius 2 is 1.53 bits per heavy atom. The number of para-hydroxylation sites is 1. The minimum atomic E-state index is -0.531. The Balaban J connectivity index is 1.38. The zero-order valence-corrected chi connectivity index (χ0v) is 17.5. The van der Waals surface area contributed by atoms with Gasteiger partial charge in [-0.15, -0.1) is 0 Å². The van der Waals surface area contributed by atoms with Crippen LogP contribution in [0.25, 0.3) is 10.9 Å². The number of rotatable bonds is 7. The summed E-state index contributed by atoms with van der Waals surface area (Å²) in [6, 6.07) is 30.1. The van der Waals surface area contributed by atoms with Gasteiger partial charge in [0.2, 0.25) is 0 Å². The molecule has 0 saturated heterocycles. The van der Waals surface area contributed by atoms with Crippen molar-refractivity contribution in [1.29, 1.82) is 0 Å². The lowest BCUT2D eigenvalue weighted by Crippen LogP contribution is -2.20. The van der Waals surface area contributed by atoms with Crippen LogP contribution in [0.3, 0.4) is 0 Å². The van der Waals surface area contributed by atoms with Gasteiger partial charge >= 0.3 is 0 Å². The van der Waals surface area contributed by atoms with E-state index in [-0.39, 0.29) is 5.41 Å². The van der Waals surface area contributed by atoms with E-state index >= 15 is 0 Å². The lowest BCUT2D eigenvalue weighted by atomic mass is 9.78. The van der Waals surface area contributed by atoms with Crippen molar-refractivity contribution in [3.8, 4) is 5.75 Å². The van der Waals surface area contributed by atoms with Gasteiger partial charge in [0.05, 0.1) is 17.3 Å². The fourth-order valence-corrected chi connectivity index (χ4v) is 3.74. The summed E-state index contributed by atoms with van der Waals surface area (Å²) >= 11 is 0. The maximum Gasteiger partial charge on any atom is 0.130 e. The van der Waals surface area contributed by atoms with Gasteiger partial charge < -0.3 is 9.84 Å². The SMILES string of the molecule is CC(C)(CC(O)c1ccc(OCc2ccc3ccccc3n2)cc1)c1ccccc1. The molecule has 0 saturated carbocycles. The fourth-order valence-electron chi connectivity index (χ4n) is 3.74. The summed E-state index contributed by atoms with van der Waals surface area (Å²) < 4.78 is 5.90. The molecule has 0 aliphatic carbocycles. The van der Waals surface area contributed by atoms with Gasteiger partial charge in [-0.1, -0.05) is 80.6 Å². The van der Waals surface area contributed by atoms with Gasteiger partial charge in [-0.2, -0.15) is 0 Å². The molecule has 4 rings (SSSR count). The van der Waals surface area contributed by atoms with Crippen LogP contribution >= 0.6 is 0 Å². The Kier molecular flexibility index (Phi) is 5.82. The van der Waals surface area contributed by atoms with Gasteiger partial charge in [-0.05, 0) is 47.2 Å². The molecule has 30 heavy (non-hydrogen) atoms. The summed E-state index contributed by atoms with van der Waals surface area (Å²) in [6.45, 7) is 4.74. The highest BCUT2D eigenvalue weighted by molar-refractivity contribution is 5.78. The molecule has 0 fully saturated rings. The monoisotopic (exact) mass is 397 g/mol. The van der Waals surface area contributed by atoms with Crippen LogP contribution in [0.1, 0.15) is 43.2 Å². The van der Waals surface area contributed by atoms with Crippen molar-refractivity contribution in [3.63, 3.8) is 0 Å². The second-order valence-electron chi connectivity index (χ2n) is 8.32. The second-order valence-corrected chi connectivity index (χ2v) is 8.32. The van der Waals surface area contributed by atoms with E-state index < -0.39 is 6.10 Å². The normalized spacial score (nSPS) is 12.6. The minimum Gasteiger partial charge on any atom is -0.487 e. The highest BCUT2D eigenvalue weighted by Crippen LogP contribution is 2.34. The van der Waals surface area contributed by atoms with Crippen LogP contribution in [0.5, 0.6) is 5.75 Å². The second kappa shape index (κ2) is 8.68. The van der Waals surface area contributed by atoms with E-state index in [0.717, 1.165) is 27.9 Å². The Bertz CT molecular complexity index is 1100. The summed E-state index contributed by atoms with van der Waals surface area (Å²) in [6.07, 6.45) is 0.120. The molecule has 0 bridgehead atoms. The van der Waals surface area contributed by atoms with Crippen LogP contribution in [0.4, 0.5) is 0 Å². The standard InChI is InChI=1S/C27H27NO2/c1-27(2,22-9-4-3-5-10-22)18-26(29)21-13-16-24(17-14-21)30-19-23-15-12-20-8-6-7-11-25(20)28-23/h3-17,26,29H,18-19H2,1-2H3. The molecule has 1 N–H and O–H groups in total. The molecule has 1 heterocycles. The van der Waals surface area contributed by atoms with Crippen molar-refractivity contribution >= 4 is 10.9 Å². The van der Waals surface area contributed by atoms with Gasteiger partial charge in [0.1, 0.15) is 12.4 Å². The zero-order chi connectivity index (χ0) is 21.0. The predicted molar refractivity (Wildman–Crippen MR) is 122 cm³/mol. The molecule has 1 aromatic heterocycles. The smallest absolute Gasteiger partial charge is 0.130 e. The van der Waals surface area contributed by atoms with Gasteiger partial charge in [-0.3, -0.25) is 0 Å². The van der Waals surface area contributed by atoms with Crippen molar-refractivity contribution in [1.82, 2.24) is 4.98 Å². The van der Waals surface area contributed by atoms with Crippen LogP contribution in [-0.2, 0) is 12.0 Å². The third-order valence-electron chi connectivity index (χ3n) is 5.57. The average molecular weight is 398 g/mol. The Hall–Kier alpha value is -3.17. The summed E-state index contributed by atoms with van der Waals surface area (Å²) in [7, 11) is 0. The van der Waals surface area contributed by atoms with Crippen LogP contribution < -0.4 is 4.74 Å². The molecule has 0 aliphatic heterocycles. The van der Waals surface area contributed by atoms with E-state index in [0.29, 0.717) is 13.0 Å². The summed E-state index contributed by atoms with van der Waals surface area (Å²) in [5, 5.41) is 11.9. The number of pyridine rings is 1. The van der Waals surface area contributed by atoms with Gasteiger partial charge in [0, 0.05) is 5.39 Å². The van der Waals surface area contributed by atoms with E-state index in [2.05, 4.69) is 43.1 Å². The summed E-state index contributed by atoms with van der Waals surface area (Å²) in [4.78, 5) is 4.64. The van der Waals surface area contributed by atoms with Crippen LogP contribution in [-0.4, -0.2) is 10.1 Å². The number of nitrogens with zero attached hydrogens (tertiary/aromatic N) is 1. The molecule has 4 aromatic rings. The first-order valence-corrected chi connectivity index (χ1v) is 10.3. The van der Waals surface area contributed by atoms with Crippen molar-refractivity contribution in [2.24, 2.45) is 0 Å². The van der Waals surface area contributed by atoms with Crippen molar-refractivity contribution in [3.05, 3.63) is 108 Å². The molecule has 0 aliphatic rings. The minimum absolute atomic E-state index is 0.113. The molecule has 1 atom stereocenters. The molecule has 3 heteroatoms. The number of benzene rings is 3. The van der Waals surface area contributed by atoms with E-state index in [4.69, 9.17) is 4.74 Å². The zero-order valence-electron chi connectivity index (χ0n) is 17.5. The molecule has 0 amide bonds. The molecule has 3 nitrogen and oxygen atoms in total. The van der Waals surface area contributed by atoms with E-state index in [1.807, 2.05) is 66.7 Å². The molecule has 3 aromatic carbocycles. The Morgan fingerprint density at radius 1 is 0.833 bits per heavy atom. The summed E-state index contributed by atoms with van der Waals surface area (Å²) in [5.74, 6) is 0.767. The number of ether oxygens (including phenoxy) is 1. The number of fused-ring (bicyclic) bond motifs is 1. The number of hydrogen-bond donors (Lipinski definition) is 1. The largest absolute Gasteiger partial charge is 0.487 e. The quantitative estimate of drug-likeness (QED) is 0.403. The highest BCUT2D eigenvalue weighted by Gasteiger charge is 2.25. The van der Waals surface area contributed by atoms with Crippen molar-refractivity contribution < 1.29 is 9.84 Å². The first-order valence-electron chi connectivity index (χ1n) is 10.3. The molecule has 1 unspecified atom stereocenters. The first-order chi connectivity index (χ1) is 14.5. The predicted octanol–water partition coefficient (Wildman–Crippen LogP) is 6.22. The third-order valence-corrected chi connectivity index (χ3v) is 5.57. The maximum atomic E-state index is 10.8. The highest BCUT2D eigenvalue weighted by atomic mass is 16.5.